The Hall–Kier alpha value is -3.65. The van der Waals surface area contributed by atoms with E-state index in [1.807, 2.05) is 0 Å². The summed E-state index contributed by atoms with van der Waals surface area (Å²) in [6.07, 6.45) is -12.1. The van der Waals surface area contributed by atoms with Crippen molar-refractivity contribution in [3.63, 3.8) is 0 Å². The molecule has 0 amide bonds. The molecule has 0 radical (unpaired) electrons. The summed E-state index contributed by atoms with van der Waals surface area (Å²) in [4.78, 5) is 37.8. The minimum absolute atomic E-state index is 0.0453. The van der Waals surface area contributed by atoms with Crippen molar-refractivity contribution in [3.05, 3.63) is 71.8 Å². The van der Waals surface area contributed by atoms with E-state index in [2.05, 4.69) is 4.74 Å². The van der Waals surface area contributed by atoms with Crippen molar-refractivity contribution in [1.29, 1.82) is 0 Å². The summed E-state index contributed by atoms with van der Waals surface area (Å²) in [6.45, 7) is 1.41. The summed E-state index contributed by atoms with van der Waals surface area (Å²) < 4.78 is 109. The molecule has 2 aromatic rings. The highest BCUT2D eigenvalue weighted by molar-refractivity contribution is 5.83. The fourth-order valence-corrected chi connectivity index (χ4v) is 4.79. The van der Waals surface area contributed by atoms with Gasteiger partial charge in [0, 0.05) is 25.3 Å². The summed E-state index contributed by atoms with van der Waals surface area (Å²) in [5.74, 6) is -4.22. The lowest BCUT2D eigenvalue weighted by Crippen LogP contribution is -2.52. The van der Waals surface area contributed by atoms with Crippen LogP contribution in [0.15, 0.2) is 60.7 Å². The number of carbonyl (C=O) groups is 3. The standard InChI is InChI=1S/C31H36F6O8/c1-21(44-26(39)28(42-3,30(32,33)34)22-15-9-6-10-16-22)14-8-5-13-19-24(20-25(38)41-2)45-27(40)29(43-4,31(35,36)37)23-17-11-7-12-18-23/h6-7,9-12,15-18,21,24H,5,8,13-14,19-20H2,1-4H3/t21-,24+,28+,29+/m1/s1. The minimum atomic E-state index is -5.21. The van der Waals surface area contributed by atoms with Crippen molar-refractivity contribution < 1.29 is 64.4 Å². The number of hydrogen-bond donors (Lipinski definition) is 0. The maximum absolute atomic E-state index is 14.2. The molecule has 0 aliphatic rings. The van der Waals surface area contributed by atoms with E-state index in [-0.39, 0.29) is 19.3 Å². The SMILES string of the molecule is COC(=O)C[C@H](CCCCC[C@@H](C)OC(=O)[C@@](OC)(c1ccccc1)C(F)(F)F)OC(=O)[C@@](OC)(c1ccccc1)C(F)(F)F. The molecule has 0 fully saturated rings. The number of halogens is 6. The van der Waals surface area contributed by atoms with E-state index in [1.54, 1.807) is 0 Å². The van der Waals surface area contributed by atoms with Crippen molar-refractivity contribution in [3.8, 4) is 0 Å². The number of benzene rings is 2. The highest BCUT2D eigenvalue weighted by Gasteiger charge is 2.65. The van der Waals surface area contributed by atoms with Crippen molar-refractivity contribution in [1.82, 2.24) is 0 Å². The molecule has 0 saturated carbocycles. The second-order valence-electron chi connectivity index (χ2n) is 10.2. The molecule has 0 bridgehead atoms. The third-order valence-corrected chi connectivity index (χ3v) is 7.19. The van der Waals surface area contributed by atoms with Crippen LogP contribution in [0.5, 0.6) is 0 Å². The summed E-state index contributed by atoms with van der Waals surface area (Å²) in [7, 11) is 2.55. The number of carbonyl (C=O) groups excluding carboxylic acids is 3. The molecule has 0 aliphatic carbocycles. The molecule has 4 atom stereocenters. The van der Waals surface area contributed by atoms with Gasteiger partial charge in [-0.15, -0.1) is 0 Å². The Bertz CT molecular complexity index is 1240. The molecule has 250 valence electrons. The molecule has 0 heterocycles. The Balaban J connectivity index is 2.05. The fourth-order valence-electron chi connectivity index (χ4n) is 4.79. The van der Waals surface area contributed by atoms with Gasteiger partial charge in [0.1, 0.15) is 6.10 Å². The van der Waals surface area contributed by atoms with Crippen LogP contribution in [0, 0.1) is 0 Å². The number of rotatable bonds is 16. The summed E-state index contributed by atoms with van der Waals surface area (Å²) in [5.41, 5.74) is -7.74. The molecule has 14 heteroatoms. The molecule has 0 aliphatic heterocycles. The van der Waals surface area contributed by atoms with Gasteiger partial charge >= 0.3 is 30.3 Å². The summed E-state index contributed by atoms with van der Waals surface area (Å²) >= 11 is 0. The molecule has 0 saturated heterocycles. The van der Waals surface area contributed by atoms with Gasteiger partial charge < -0.3 is 23.7 Å². The first-order chi connectivity index (χ1) is 21.1. The minimum Gasteiger partial charge on any atom is -0.469 e. The average molecular weight is 651 g/mol. The van der Waals surface area contributed by atoms with E-state index >= 15 is 0 Å². The van der Waals surface area contributed by atoms with E-state index in [4.69, 9.17) is 18.9 Å². The normalized spacial score (nSPS) is 16.0. The highest BCUT2D eigenvalue weighted by Crippen LogP contribution is 2.44. The van der Waals surface area contributed by atoms with Crippen LogP contribution in [-0.4, -0.2) is 63.8 Å². The predicted molar refractivity (Wildman–Crippen MR) is 148 cm³/mol. The third kappa shape index (κ3) is 8.75. The first kappa shape index (κ1) is 37.5. The second kappa shape index (κ2) is 16.1. The van der Waals surface area contributed by atoms with Crippen LogP contribution in [0.4, 0.5) is 26.3 Å². The van der Waals surface area contributed by atoms with Crippen LogP contribution in [0.3, 0.4) is 0 Å². The number of ether oxygens (including phenoxy) is 5. The Morgan fingerprint density at radius 2 is 1.07 bits per heavy atom. The van der Waals surface area contributed by atoms with Gasteiger partial charge in [0.25, 0.3) is 11.2 Å². The molecule has 0 N–H and O–H groups in total. The summed E-state index contributed by atoms with van der Waals surface area (Å²) in [5, 5.41) is 0. The van der Waals surface area contributed by atoms with Crippen molar-refractivity contribution >= 4 is 17.9 Å². The van der Waals surface area contributed by atoms with Gasteiger partial charge in [0.15, 0.2) is 0 Å². The first-order valence-corrected chi connectivity index (χ1v) is 13.9. The predicted octanol–water partition coefficient (Wildman–Crippen LogP) is 6.55. The molecule has 0 spiro atoms. The quantitative estimate of drug-likeness (QED) is 0.0874. The van der Waals surface area contributed by atoms with Gasteiger partial charge in [0.2, 0.25) is 0 Å². The maximum atomic E-state index is 14.2. The van der Waals surface area contributed by atoms with Gasteiger partial charge in [-0.3, -0.25) is 4.79 Å². The molecule has 0 unspecified atom stereocenters. The van der Waals surface area contributed by atoms with Gasteiger partial charge in [-0.1, -0.05) is 67.1 Å². The Labute approximate surface area is 256 Å². The van der Waals surface area contributed by atoms with E-state index in [9.17, 15) is 40.7 Å². The number of hydrogen-bond acceptors (Lipinski definition) is 8. The molecule has 2 rings (SSSR count). The zero-order chi connectivity index (χ0) is 33.9. The first-order valence-electron chi connectivity index (χ1n) is 13.9. The molecule has 45 heavy (non-hydrogen) atoms. The topological polar surface area (TPSA) is 97.4 Å². The largest absolute Gasteiger partial charge is 0.469 e. The monoisotopic (exact) mass is 650 g/mol. The Morgan fingerprint density at radius 1 is 0.644 bits per heavy atom. The van der Waals surface area contributed by atoms with Crippen molar-refractivity contribution in [2.24, 2.45) is 0 Å². The van der Waals surface area contributed by atoms with Crippen molar-refractivity contribution in [2.45, 2.75) is 81.2 Å². The Morgan fingerprint density at radius 3 is 1.47 bits per heavy atom. The number of unbranched alkanes of at least 4 members (excludes halogenated alkanes) is 2. The van der Waals surface area contributed by atoms with E-state index in [0.717, 1.165) is 45.6 Å². The highest BCUT2D eigenvalue weighted by atomic mass is 19.4. The molecule has 8 nitrogen and oxygen atoms in total. The molecule has 2 aromatic carbocycles. The maximum Gasteiger partial charge on any atom is 0.432 e. The van der Waals surface area contributed by atoms with E-state index < -0.39 is 71.2 Å². The third-order valence-electron chi connectivity index (χ3n) is 7.19. The van der Waals surface area contributed by atoms with Gasteiger partial charge in [-0.05, 0) is 32.6 Å². The molecular weight excluding hydrogens is 614 g/mol. The lowest BCUT2D eigenvalue weighted by molar-refractivity contribution is -0.279. The lowest BCUT2D eigenvalue weighted by atomic mass is 9.92. The van der Waals surface area contributed by atoms with Gasteiger partial charge in [0.05, 0.1) is 19.6 Å². The van der Waals surface area contributed by atoms with Gasteiger partial charge in [-0.25, -0.2) is 9.59 Å². The van der Waals surface area contributed by atoms with Gasteiger partial charge in [-0.2, -0.15) is 26.3 Å². The van der Waals surface area contributed by atoms with Crippen LogP contribution in [0.1, 0.15) is 56.6 Å². The zero-order valence-electron chi connectivity index (χ0n) is 25.2. The second-order valence-corrected chi connectivity index (χ2v) is 10.2. The van der Waals surface area contributed by atoms with Crippen molar-refractivity contribution in [2.75, 3.05) is 21.3 Å². The van der Waals surface area contributed by atoms with Crippen LogP contribution in [0.25, 0.3) is 0 Å². The Kier molecular flexibility index (Phi) is 13.4. The number of methoxy groups -OCH3 is 3. The fraction of sp³-hybridized carbons (Fsp3) is 0.516. The zero-order valence-corrected chi connectivity index (χ0v) is 25.2. The van der Waals surface area contributed by atoms with Crippen LogP contribution in [0.2, 0.25) is 0 Å². The molecular formula is C31H36F6O8. The van der Waals surface area contributed by atoms with Crippen LogP contribution >= 0.6 is 0 Å². The van der Waals surface area contributed by atoms with Crippen LogP contribution in [-0.2, 0) is 49.3 Å². The lowest BCUT2D eigenvalue weighted by Gasteiger charge is -2.33. The average Bonchev–Trinajstić information content (AvgIpc) is 2.97. The van der Waals surface area contributed by atoms with Crippen LogP contribution < -0.4 is 0 Å². The molecule has 0 aromatic heterocycles. The van der Waals surface area contributed by atoms with E-state index in [0.29, 0.717) is 12.8 Å². The number of esters is 3. The van der Waals surface area contributed by atoms with E-state index in [1.165, 1.54) is 43.3 Å². The number of alkyl halides is 6. The smallest absolute Gasteiger partial charge is 0.432 e. The summed E-state index contributed by atoms with van der Waals surface area (Å²) in [6, 6.07) is 12.5.